The van der Waals surface area contributed by atoms with Crippen LogP contribution in [0.1, 0.15) is 30.4 Å². The molecule has 2 aromatic rings. The maximum atomic E-state index is 2.31. The summed E-state index contributed by atoms with van der Waals surface area (Å²) in [4.78, 5) is 0. The lowest BCUT2D eigenvalue weighted by Crippen LogP contribution is -1.91. The topological polar surface area (TPSA) is 0 Å². The van der Waals surface area contributed by atoms with Gasteiger partial charge in [0.05, 0.1) is 0 Å². The van der Waals surface area contributed by atoms with Gasteiger partial charge in [-0.15, -0.1) is 0 Å². The van der Waals surface area contributed by atoms with Crippen molar-refractivity contribution in [1.29, 1.82) is 0 Å². The average Bonchev–Trinajstić information content (AvgIpc) is 2.28. The molecule has 1 radical (unpaired) electrons. The van der Waals surface area contributed by atoms with Crippen molar-refractivity contribution < 1.29 is 0 Å². The molecule has 1 saturated carbocycles. The van der Waals surface area contributed by atoms with Crippen LogP contribution < -0.4 is 0 Å². The molecular formula is C17H17. The van der Waals surface area contributed by atoms with Crippen molar-refractivity contribution in [3.8, 4) is 0 Å². The summed E-state index contributed by atoms with van der Waals surface area (Å²) in [6.45, 7) is 0. The fourth-order valence-electron chi connectivity index (χ4n) is 2.28. The van der Waals surface area contributed by atoms with Crippen molar-refractivity contribution in [2.45, 2.75) is 25.7 Å². The molecule has 0 amide bonds. The molecule has 2 aliphatic rings. The first kappa shape index (κ1) is 10.6. The molecule has 1 fully saturated rings. The minimum absolute atomic E-state index is 1.08. The molecule has 0 heteroatoms. The summed E-state index contributed by atoms with van der Waals surface area (Å²) in [5, 5.41) is 2.80. The van der Waals surface area contributed by atoms with Crippen molar-refractivity contribution in [3.05, 3.63) is 60.0 Å². The van der Waals surface area contributed by atoms with Gasteiger partial charge in [-0.3, -0.25) is 0 Å². The van der Waals surface area contributed by atoms with Gasteiger partial charge in [-0.1, -0.05) is 67.8 Å². The summed E-state index contributed by atoms with van der Waals surface area (Å²) in [6, 6.07) is 13.0. The van der Waals surface area contributed by atoms with Gasteiger partial charge in [-0.25, -0.2) is 0 Å². The van der Waals surface area contributed by atoms with E-state index in [4.69, 9.17) is 0 Å². The molecule has 0 spiro atoms. The van der Waals surface area contributed by atoms with Gasteiger partial charge in [-0.05, 0) is 34.7 Å². The van der Waals surface area contributed by atoms with Crippen LogP contribution in [0.2, 0.25) is 0 Å². The highest BCUT2D eigenvalue weighted by atomic mass is 14.1. The Morgan fingerprint density at radius 2 is 1.59 bits per heavy atom. The van der Waals surface area contributed by atoms with E-state index >= 15 is 0 Å². The van der Waals surface area contributed by atoms with Crippen molar-refractivity contribution >= 4 is 16.8 Å². The maximum Gasteiger partial charge on any atom is -0.00763 e. The SMILES string of the molecule is C1=Cc2cccc3cccc(c23)C1.[CH]1CCC1. The van der Waals surface area contributed by atoms with Crippen LogP contribution in [0.4, 0.5) is 0 Å². The van der Waals surface area contributed by atoms with Crippen LogP contribution >= 0.6 is 0 Å². The first-order chi connectivity index (χ1) is 8.45. The first-order valence-corrected chi connectivity index (χ1v) is 6.44. The number of allylic oxidation sites excluding steroid dienone is 1. The molecule has 0 aromatic heterocycles. The van der Waals surface area contributed by atoms with Crippen LogP contribution in [0.25, 0.3) is 16.8 Å². The van der Waals surface area contributed by atoms with Crippen molar-refractivity contribution in [1.82, 2.24) is 0 Å². The molecule has 0 atom stereocenters. The molecule has 0 unspecified atom stereocenters. The smallest absolute Gasteiger partial charge is 0.00763 e. The van der Waals surface area contributed by atoms with Crippen molar-refractivity contribution in [2.24, 2.45) is 0 Å². The third-order valence-electron chi connectivity index (χ3n) is 3.47. The normalized spacial score (nSPS) is 16.0. The van der Waals surface area contributed by atoms with Gasteiger partial charge in [-0.2, -0.15) is 0 Å². The zero-order valence-corrected chi connectivity index (χ0v) is 10.0. The highest BCUT2D eigenvalue weighted by Crippen LogP contribution is 2.27. The third kappa shape index (κ3) is 2.12. The summed E-state index contributed by atoms with van der Waals surface area (Å²) in [7, 11) is 0. The minimum atomic E-state index is 1.08. The maximum absolute atomic E-state index is 2.31. The summed E-state index contributed by atoms with van der Waals surface area (Å²) < 4.78 is 0. The second kappa shape index (κ2) is 4.75. The zero-order chi connectivity index (χ0) is 11.5. The number of rotatable bonds is 0. The Hall–Kier alpha value is -1.56. The molecule has 4 rings (SSSR count). The molecule has 0 bridgehead atoms. The number of hydrogen-bond donors (Lipinski definition) is 0. The van der Waals surface area contributed by atoms with E-state index in [1.165, 1.54) is 41.2 Å². The third-order valence-corrected chi connectivity index (χ3v) is 3.47. The van der Waals surface area contributed by atoms with Gasteiger partial charge in [0.1, 0.15) is 0 Å². The molecular weight excluding hydrogens is 204 g/mol. The van der Waals surface area contributed by atoms with E-state index in [1.807, 2.05) is 0 Å². The predicted molar refractivity (Wildman–Crippen MR) is 74.8 cm³/mol. The average molecular weight is 221 g/mol. The lowest BCUT2D eigenvalue weighted by Gasteiger charge is -2.11. The standard InChI is InChI=1S/C13H10.C4H7/c1-4-10-6-2-8-12-9-3-7-11(5-1)13(10)12;1-2-4-3-1/h1-8H,9H2;1H,2-4H2. The molecule has 0 saturated heterocycles. The van der Waals surface area contributed by atoms with Crippen molar-refractivity contribution in [3.63, 3.8) is 0 Å². The van der Waals surface area contributed by atoms with E-state index in [9.17, 15) is 0 Å². The molecule has 17 heavy (non-hydrogen) atoms. The second-order valence-corrected chi connectivity index (χ2v) is 4.69. The molecule has 0 nitrogen and oxygen atoms in total. The molecule has 0 heterocycles. The number of benzene rings is 2. The van der Waals surface area contributed by atoms with Crippen LogP contribution in [0.3, 0.4) is 0 Å². The predicted octanol–water partition coefficient (Wildman–Crippen LogP) is 4.78. The van der Waals surface area contributed by atoms with E-state index < -0.39 is 0 Å². The van der Waals surface area contributed by atoms with Gasteiger partial charge in [0.25, 0.3) is 0 Å². The molecule has 0 aliphatic heterocycles. The Bertz CT molecular complexity index is 536. The zero-order valence-electron chi connectivity index (χ0n) is 10.0. The van der Waals surface area contributed by atoms with Crippen LogP contribution in [0, 0.1) is 6.42 Å². The molecule has 0 N–H and O–H groups in total. The van der Waals surface area contributed by atoms with Gasteiger partial charge in [0, 0.05) is 0 Å². The van der Waals surface area contributed by atoms with E-state index in [0.717, 1.165) is 6.42 Å². The second-order valence-electron chi connectivity index (χ2n) is 4.69. The fourth-order valence-corrected chi connectivity index (χ4v) is 2.28. The van der Waals surface area contributed by atoms with E-state index in [2.05, 4.69) is 55.0 Å². The van der Waals surface area contributed by atoms with Gasteiger partial charge >= 0.3 is 0 Å². The lowest BCUT2D eigenvalue weighted by molar-refractivity contribution is 0.652. The quantitative estimate of drug-likeness (QED) is 0.600. The van der Waals surface area contributed by atoms with Crippen LogP contribution in [0.5, 0.6) is 0 Å². The summed E-state index contributed by atoms with van der Waals surface area (Å²) in [5.74, 6) is 0. The van der Waals surface area contributed by atoms with Crippen molar-refractivity contribution in [2.75, 3.05) is 0 Å². The Balaban J connectivity index is 0.000000193. The van der Waals surface area contributed by atoms with E-state index in [-0.39, 0.29) is 0 Å². The highest BCUT2D eigenvalue weighted by Gasteiger charge is 2.06. The Morgan fingerprint density at radius 1 is 0.882 bits per heavy atom. The Morgan fingerprint density at radius 3 is 2.29 bits per heavy atom. The Labute approximate surface area is 103 Å². The van der Waals surface area contributed by atoms with Gasteiger partial charge in [0.2, 0.25) is 0 Å². The Kier molecular flexibility index (Phi) is 2.96. The monoisotopic (exact) mass is 221 g/mol. The van der Waals surface area contributed by atoms with Gasteiger partial charge in [0.15, 0.2) is 0 Å². The van der Waals surface area contributed by atoms with Crippen LogP contribution in [0.15, 0.2) is 42.5 Å². The fraction of sp³-hybridized carbons (Fsp3) is 0.235. The lowest BCUT2D eigenvalue weighted by atomic mass is 9.93. The molecule has 2 aromatic carbocycles. The molecule has 85 valence electrons. The summed E-state index contributed by atoms with van der Waals surface area (Å²) in [5.41, 5.74) is 2.81. The van der Waals surface area contributed by atoms with E-state index in [0.29, 0.717) is 0 Å². The number of hydrogen-bond acceptors (Lipinski definition) is 0. The van der Waals surface area contributed by atoms with Crippen LogP contribution in [-0.2, 0) is 6.42 Å². The summed E-state index contributed by atoms with van der Waals surface area (Å²) in [6.07, 6.45) is 12.0. The highest BCUT2D eigenvalue weighted by molar-refractivity contribution is 5.94. The van der Waals surface area contributed by atoms with Gasteiger partial charge < -0.3 is 0 Å². The molecule has 2 aliphatic carbocycles. The minimum Gasteiger partial charge on any atom is -0.0795 e. The summed E-state index contributed by atoms with van der Waals surface area (Å²) >= 11 is 0. The van der Waals surface area contributed by atoms with Crippen LogP contribution in [-0.4, -0.2) is 0 Å². The van der Waals surface area contributed by atoms with E-state index in [1.54, 1.807) is 0 Å². The first-order valence-electron chi connectivity index (χ1n) is 6.44. The largest absolute Gasteiger partial charge is 0.0795 e.